The van der Waals surface area contributed by atoms with Crippen LogP contribution in [0.4, 0.5) is 4.39 Å². The van der Waals surface area contributed by atoms with E-state index in [0.29, 0.717) is 39.6 Å². The van der Waals surface area contributed by atoms with E-state index < -0.39 is 40.6 Å². The number of fused-ring (bicyclic) bond motifs is 1. The molecule has 3 aromatic carbocycles. The van der Waals surface area contributed by atoms with Gasteiger partial charge in [-0.2, -0.15) is 0 Å². The van der Waals surface area contributed by atoms with Crippen molar-refractivity contribution in [3.63, 3.8) is 0 Å². The van der Waals surface area contributed by atoms with Crippen LogP contribution in [0.3, 0.4) is 0 Å². The van der Waals surface area contributed by atoms with Gasteiger partial charge in [-0.05, 0) is 104 Å². The number of halogens is 3. The normalized spacial score (nSPS) is 20.9. The number of Topliss-reactive ketones (excluding diaryl/α,β-unsaturated/α-hetero) is 1. The molecular formula is C38H43Cl2FO6. The van der Waals surface area contributed by atoms with E-state index in [2.05, 4.69) is 0 Å². The number of rotatable bonds is 12. The Morgan fingerprint density at radius 2 is 1.77 bits per heavy atom. The Morgan fingerprint density at radius 1 is 1.09 bits per heavy atom. The second-order valence-electron chi connectivity index (χ2n) is 13.0. The SMILES string of the molecule is CCCC(c1cc(F)ccc1C)C1(C(CC=O)c2cc(Cl)ccc2OC(C)(C)C(=O)OC)C(=O)CC(CO)C(C)c2cc(Cl)ccc21. The second-order valence-corrected chi connectivity index (χ2v) is 13.9. The lowest BCUT2D eigenvalue weighted by atomic mass is 9.54. The predicted octanol–water partition coefficient (Wildman–Crippen LogP) is 8.65. The van der Waals surface area contributed by atoms with Gasteiger partial charge in [-0.3, -0.25) is 4.79 Å². The first-order valence-corrected chi connectivity index (χ1v) is 16.7. The topological polar surface area (TPSA) is 89.9 Å². The van der Waals surface area contributed by atoms with Gasteiger partial charge in [0.25, 0.3) is 0 Å². The highest BCUT2D eigenvalue weighted by atomic mass is 35.5. The lowest BCUT2D eigenvalue weighted by Crippen LogP contribution is -2.48. The van der Waals surface area contributed by atoms with Gasteiger partial charge >= 0.3 is 5.97 Å². The van der Waals surface area contributed by atoms with E-state index in [9.17, 15) is 14.7 Å². The fourth-order valence-electron chi connectivity index (χ4n) is 7.51. The van der Waals surface area contributed by atoms with Crippen molar-refractivity contribution in [1.82, 2.24) is 0 Å². The summed E-state index contributed by atoms with van der Waals surface area (Å²) in [4.78, 5) is 41.0. The molecule has 1 N–H and O–H groups in total. The number of hydrogen-bond acceptors (Lipinski definition) is 6. The fourth-order valence-corrected chi connectivity index (χ4v) is 7.87. The van der Waals surface area contributed by atoms with Crippen LogP contribution in [0.1, 0.15) is 98.9 Å². The van der Waals surface area contributed by atoms with Crippen LogP contribution in [0.2, 0.25) is 10.0 Å². The van der Waals surface area contributed by atoms with Gasteiger partial charge in [0.2, 0.25) is 0 Å². The highest BCUT2D eigenvalue weighted by molar-refractivity contribution is 6.31. The van der Waals surface area contributed by atoms with Crippen molar-refractivity contribution >= 4 is 41.2 Å². The van der Waals surface area contributed by atoms with Crippen LogP contribution in [0.15, 0.2) is 54.6 Å². The molecule has 1 aliphatic rings. The number of esters is 1. The smallest absolute Gasteiger partial charge is 0.349 e. The molecule has 4 rings (SSSR count). The van der Waals surface area contributed by atoms with Crippen LogP contribution >= 0.6 is 23.2 Å². The first kappa shape index (κ1) is 36.6. The highest BCUT2D eigenvalue weighted by Crippen LogP contribution is 2.59. The molecular weight excluding hydrogens is 642 g/mol. The number of carbonyl (C=O) groups excluding carboxylic acids is 3. The maximum atomic E-state index is 15.4. The molecule has 0 saturated heterocycles. The molecule has 0 radical (unpaired) electrons. The number of benzene rings is 3. The molecule has 0 fully saturated rings. The van der Waals surface area contributed by atoms with Gasteiger partial charge in [0, 0.05) is 46.9 Å². The minimum absolute atomic E-state index is 0.00168. The van der Waals surface area contributed by atoms with Crippen molar-refractivity contribution in [2.24, 2.45) is 5.92 Å². The van der Waals surface area contributed by atoms with Gasteiger partial charge < -0.3 is 19.4 Å². The Bertz CT molecular complexity index is 1640. The Hall–Kier alpha value is -3.26. The van der Waals surface area contributed by atoms with E-state index in [1.807, 2.05) is 32.9 Å². The summed E-state index contributed by atoms with van der Waals surface area (Å²) in [7, 11) is 1.27. The van der Waals surface area contributed by atoms with Crippen LogP contribution in [0.5, 0.6) is 5.75 Å². The number of carbonyl (C=O) groups is 3. The van der Waals surface area contributed by atoms with Crippen molar-refractivity contribution in [2.75, 3.05) is 13.7 Å². The van der Waals surface area contributed by atoms with E-state index in [-0.39, 0.29) is 36.9 Å². The van der Waals surface area contributed by atoms with Crippen LogP contribution in [0.25, 0.3) is 0 Å². The largest absolute Gasteiger partial charge is 0.476 e. The zero-order valence-electron chi connectivity index (χ0n) is 27.7. The van der Waals surface area contributed by atoms with Gasteiger partial charge in [0.05, 0.1) is 12.5 Å². The third kappa shape index (κ3) is 6.99. The molecule has 0 spiro atoms. The second kappa shape index (κ2) is 14.9. The number of aryl methyl sites for hydroxylation is 1. The van der Waals surface area contributed by atoms with Crippen molar-refractivity contribution < 1.29 is 33.4 Å². The lowest BCUT2D eigenvalue weighted by Gasteiger charge is -2.47. The van der Waals surface area contributed by atoms with Gasteiger partial charge in [0.15, 0.2) is 5.60 Å². The number of methoxy groups -OCH3 is 1. The molecule has 5 unspecified atom stereocenters. The van der Waals surface area contributed by atoms with Crippen LogP contribution in [0, 0.1) is 18.7 Å². The zero-order chi connectivity index (χ0) is 34.7. The van der Waals surface area contributed by atoms with E-state index in [4.69, 9.17) is 32.7 Å². The quantitative estimate of drug-likeness (QED) is 0.117. The molecule has 0 saturated carbocycles. The van der Waals surface area contributed by atoms with Crippen molar-refractivity contribution in [3.05, 3.63) is 98.3 Å². The van der Waals surface area contributed by atoms with Crippen molar-refractivity contribution in [3.8, 4) is 5.75 Å². The molecule has 3 aromatic rings. The van der Waals surface area contributed by atoms with Crippen LogP contribution < -0.4 is 4.74 Å². The lowest BCUT2D eigenvalue weighted by molar-refractivity contribution is -0.156. The minimum atomic E-state index is -1.48. The molecule has 1 aliphatic carbocycles. The fraction of sp³-hybridized carbons (Fsp3) is 0.447. The molecule has 9 heteroatoms. The number of ether oxygens (including phenoxy) is 2. The molecule has 0 aromatic heterocycles. The Labute approximate surface area is 286 Å². The van der Waals surface area contributed by atoms with Gasteiger partial charge in [0.1, 0.15) is 23.6 Å². The predicted molar refractivity (Wildman–Crippen MR) is 182 cm³/mol. The standard InChI is InChI=1S/C38H43Cl2FO6/c1-7-8-31(28-20-27(41)12-9-22(28)2)38(32-13-10-25(39)18-29(32)23(3)24(21-43)17-35(38)44)33(15-16-42)30-19-26(40)11-14-34(30)47-37(4,5)36(45)46-6/h9-14,16,18-20,23-24,31,33,43H,7-8,15,17,21H2,1-6H3. The van der Waals surface area contributed by atoms with E-state index in [1.165, 1.54) is 19.2 Å². The average molecular weight is 686 g/mol. The van der Waals surface area contributed by atoms with E-state index in [1.54, 1.807) is 44.2 Å². The Kier molecular flexibility index (Phi) is 11.6. The van der Waals surface area contributed by atoms with Crippen molar-refractivity contribution in [2.45, 2.75) is 89.1 Å². The zero-order valence-corrected chi connectivity index (χ0v) is 29.3. The summed E-state index contributed by atoms with van der Waals surface area (Å²) < 4.78 is 26.5. The number of ketones is 1. The highest BCUT2D eigenvalue weighted by Gasteiger charge is 2.57. The number of aliphatic hydroxyl groups is 1. The monoisotopic (exact) mass is 684 g/mol. The summed E-state index contributed by atoms with van der Waals surface area (Å²) in [5, 5.41) is 11.4. The average Bonchev–Trinajstić information content (AvgIpc) is 3.12. The van der Waals surface area contributed by atoms with Crippen LogP contribution in [-0.4, -0.2) is 42.5 Å². The first-order valence-electron chi connectivity index (χ1n) is 16.0. The molecule has 0 aliphatic heterocycles. The third-order valence-electron chi connectivity index (χ3n) is 9.82. The van der Waals surface area contributed by atoms with Crippen LogP contribution in [-0.2, 0) is 24.5 Å². The molecule has 0 bridgehead atoms. The molecule has 47 heavy (non-hydrogen) atoms. The summed E-state index contributed by atoms with van der Waals surface area (Å²) in [6.45, 7) is 8.74. The maximum Gasteiger partial charge on any atom is 0.349 e. The summed E-state index contributed by atoms with van der Waals surface area (Å²) in [5.74, 6) is -3.24. The summed E-state index contributed by atoms with van der Waals surface area (Å²) in [5.41, 5.74) is 0.394. The van der Waals surface area contributed by atoms with Gasteiger partial charge in [-0.15, -0.1) is 0 Å². The van der Waals surface area contributed by atoms with E-state index in [0.717, 1.165) is 17.4 Å². The molecule has 0 amide bonds. The first-order chi connectivity index (χ1) is 22.3. The third-order valence-corrected chi connectivity index (χ3v) is 10.3. The number of aldehydes is 1. The van der Waals surface area contributed by atoms with Gasteiger partial charge in [-0.25, -0.2) is 9.18 Å². The summed E-state index contributed by atoms with van der Waals surface area (Å²) in [6.07, 6.45) is 1.74. The molecule has 5 atom stereocenters. The van der Waals surface area contributed by atoms with Gasteiger partial charge in [-0.1, -0.05) is 55.6 Å². The van der Waals surface area contributed by atoms with Crippen molar-refractivity contribution in [1.29, 1.82) is 0 Å². The Morgan fingerprint density at radius 3 is 2.40 bits per heavy atom. The molecule has 0 heterocycles. The number of aliphatic hydroxyl groups excluding tert-OH is 1. The summed E-state index contributed by atoms with van der Waals surface area (Å²) >= 11 is 13.3. The molecule has 6 nitrogen and oxygen atoms in total. The molecule has 252 valence electrons. The maximum absolute atomic E-state index is 15.4. The minimum Gasteiger partial charge on any atom is -0.476 e. The summed E-state index contributed by atoms with van der Waals surface area (Å²) in [6, 6.07) is 14.9. The Balaban J connectivity index is 2.22. The van der Waals surface area contributed by atoms with E-state index >= 15 is 9.18 Å². The number of hydrogen-bond donors (Lipinski definition) is 1.